The van der Waals surface area contributed by atoms with Gasteiger partial charge in [-0.15, -0.1) is 0 Å². The fourth-order valence-corrected chi connectivity index (χ4v) is 2.66. The van der Waals surface area contributed by atoms with Crippen LogP contribution in [0.3, 0.4) is 0 Å². The van der Waals surface area contributed by atoms with E-state index >= 15 is 0 Å². The summed E-state index contributed by atoms with van der Waals surface area (Å²) in [5.41, 5.74) is 0.961. The van der Waals surface area contributed by atoms with Crippen molar-refractivity contribution in [3.05, 3.63) is 42.6 Å². The minimum atomic E-state index is 0.522. The number of pyridine rings is 1. The molecule has 0 aliphatic carbocycles. The monoisotopic (exact) mass is 284 g/mol. The molecule has 2 aromatic heterocycles. The summed E-state index contributed by atoms with van der Waals surface area (Å²) in [5, 5.41) is 0. The number of nitrogens with zero attached hydrogens (tertiary/aromatic N) is 4. The highest BCUT2D eigenvalue weighted by Gasteiger charge is 2.21. The molecule has 0 radical (unpaired) electrons. The average Bonchev–Trinajstić information content (AvgIpc) is 2.54. The van der Waals surface area contributed by atoms with Crippen molar-refractivity contribution >= 4 is 5.82 Å². The number of anilines is 1. The van der Waals surface area contributed by atoms with Crippen molar-refractivity contribution in [3.63, 3.8) is 0 Å². The largest absolute Gasteiger partial charge is 0.493 e. The molecule has 0 N–H and O–H groups in total. The van der Waals surface area contributed by atoms with Crippen LogP contribution in [0.1, 0.15) is 18.5 Å². The van der Waals surface area contributed by atoms with Crippen molar-refractivity contribution in [2.24, 2.45) is 5.92 Å². The van der Waals surface area contributed by atoms with E-state index in [1.54, 1.807) is 18.6 Å². The lowest BCUT2D eigenvalue weighted by Gasteiger charge is -2.33. The van der Waals surface area contributed by atoms with Gasteiger partial charge in [-0.05, 0) is 31.9 Å². The quantitative estimate of drug-likeness (QED) is 0.863. The highest BCUT2D eigenvalue weighted by Crippen LogP contribution is 2.22. The third kappa shape index (κ3) is 3.68. The maximum atomic E-state index is 5.85. The van der Waals surface area contributed by atoms with Crippen LogP contribution in [-0.4, -0.2) is 34.6 Å². The molecule has 0 amide bonds. The van der Waals surface area contributed by atoms with Crippen LogP contribution in [0.25, 0.3) is 0 Å². The molecule has 2 aromatic rings. The molecule has 1 aliphatic rings. The fourth-order valence-electron chi connectivity index (χ4n) is 2.66. The van der Waals surface area contributed by atoms with Crippen molar-refractivity contribution in [3.8, 4) is 5.75 Å². The van der Waals surface area contributed by atoms with Gasteiger partial charge in [0.2, 0.25) is 0 Å². The lowest BCUT2D eigenvalue weighted by atomic mass is 9.99. The molecule has 110 valence electrons. The molecular weight excluding hydrogens is 264 g/mol. The summed E-state index contributed by atoms with van der Waals surface area (Å²) in [6.07, 6.45) is 9.51. The predicted octanol–water partition coefficient (Wildman–Crippen LogP) is 2.48. The first-order valence-corrected chi connectivity index (χ1v) is 7.37. The second-order valence-corrected chi connectivity index (χ2v) is 5.47. The number of hydrogen-bond acceptors (Lipinski definition) is 5. The Bertz CT molecular complexity index is 575. The van der Waals surface area contributed by atoms with Crippen LogP contribution in [0.2, 0.25) is 0 Å². The molecule has 0 bridgehead atoms. The molecule has 3 heterocycles. The Hall–Kier alpha value is -2.17. The maximum absolute atomic E-state index is 5.85. The van der Waals surface area contributed by atoms with Crippen molar-refractivity contribution in [2.45, 2.75) is 19.8 Å². The topological polar surface area (TPSA) is 51.1 Å². The Morgan fingerprint density at radius 2 is 2.10 bits per heavy atom. The summed E-state index contributed by atoms with van der Waals surface area (Å²) in [4.78, 5) is 15.1. The van der Waals surface area contributed by atoms with Crippen LogP contribution < -0.4 is 9.64 Å². The molecule has 0 spiro atoms. The Morgan fingerprint density at radius 3 is 2.90 bits per heavy atom. The van der Waals surface area contributed by atoms with Gasteiger partial charge in [0, 0.05) is 37.6 Å². The molecule has 1 atom stereocenters. The summed E-state index contributed by atoms with van der Waals surface area (Å²) in [5.74, 6) is 2.38. The first kappa shape index (κ1) is 13.8. The molecule has 1 fully saturated rings. The lowest BCUT2D eigenvalue weighted by Crippen LogP contribution is -2.38. The molecule has 0 aromatic carbocycles. The number of hydrogen-bond donors (Lipinski definition) is 0. The van der Waals surface area contributed by atoms with Gasteiger partial charge in [-0.1, -0.05) is 0 Å². The van der Waals surface area contributed by atoms with E-state index in [4.69, 9.17) is 4.74 Å². The molecule has 5 nitrogen and oxygen atoms in total. The van der Waals surface area contributed by atoms with E-state index in [2.05, 4.69) is 19.9 Å². The van der Waals surface area contributed by atoms with Crippen molar-refractivity contribution < 1.29 is 4.74 Å². The van der Waals surface area contributed by atoms with Gasteiger partial charge in [0.1, 0.15) is 11.6 Å². The maximum Gasteiger partial charge on any atom is 0.147 e. The Labute approximate surface area is 125 Å². The third-order valence-electron chi connectivity index (χ3n) is 3.72. The van der Waals surface area contributed by atoms with Gasteiger partial charge < -0.3 is 9.64 Å². The number of rotatable bonds is 4. The number of ether oxygens (including phenoxy) is 1. The van der Waals surface area contributed by atoms with Crippen LogP contribution >= 0.6 is 0 Å². The molecule has 1 saturated heterocycles. The summed E-state index contributed by atoms with van der Waals surface area (Å²) in [7, 11) is 0. The van der Waals surface area contributed by atoms with E-state index in [-0.39, 0.29) is 0 Å². The average molecular weight is 284 g/mol. The second kappa shape index (κ2) is 6.52. The number of piperidine rings is 1. The number of aromatic nitrogens is 3. The van der Waals surface area contributed by atoms with E-state index in [1.165, 1.54) is 12.8 Å². The Morgan fingerprint density at radius 1 is 1.24 bits per heavy atom. The Balaban J connectivity index is 1.58. The highest BCUT2D eigenvalue weighted by molar-refractivity contribution is 5.36. The zero-order valence-corrected chi connectivity index (χ0v) is 12.3. The minimum absolute atomic E-state index is 0.522. The first-order valence-electron chi connectivity index (χ1n) is 7.37. The predicted molar refractivity (Wildman–Crippen MR) is 81.4 cm³/mol. The number of aryl methyl sites for hydroxylation is 1. The zero-order valence-electron chi connectivity index (χ0n) is 12.3. The SMILES string of the molecule is Cc1cncc(N2CCCC(COc3ccncc3)C2)n1. The zero-order chi connectivity index (χ0) is 14.5. The second-order valence-electron chi connectivity index (χ2n) is 5.47. The summed E-state index contributed by atoms with van der Waals surface area (Å²) < 4.78 is 5.85. The van der Waals surface area contributed by atoms with Crippen LogP contribution in [0.15, 0.2) is 36.9 Å². The van der Waals surface area contributed by atoms with Crippen LogP contribution in [0.4, 0.5) is 5.82 Å². The smallest absolute Gasteiger partial charge is 0.147 e. The van der Waals surface area contributed by atoms with Gasteiger partial charge in [0.15, 0.2) is 0 Å². The van der Waals surface area contributed by atoms with Crippen LogP contribution in [0.5, 0.6) is 5.75 Å². The molecule has 3 rings (SSSR count). The minimum Gasteiger partial charge on any atom is -0.493 e. The van der Waals surface area contributed by atoms with Crippen molar-refractivity contribution in [1.29, 1.82) is 0 Å². The van der Waals surface area contributed by atoms with Gasteiger partial charge in [-0.2, -0.15) is 0 Å². The fraction of sp³-hybridized carbons (Fsp3) is 0.438. The van der Waals surface area contributed by atoms with E-state index < -0.39 is 0 Å². The molecule has 1 unspecified atom stereocenters. The standard InChI is InChI=1S/C16H20N4O/c1-13-9-18-10-16(19-13)20-8-2-3-14(11-20)12-21-15-4-6-17-7-5-15/h4-7,9-10,14H,2-3,8,11-12H2,1H3. The third-order valence-corrected chi connectivity index (χ3v) is 3.72. The molecule has 21 heavy (non-hydrogen) atoms. The van der Waals surface area contributed by atoms with Crippen LogP contribution in [-0.2, 0) is 0 Å². The lowest BCUT2D eigenvalue weighted by molar-refractivity contribution is 0.228. The molecule has 5 heteroatoms. The van der Waals surface area contributed by atoms with E-state index in [0.29, 0.717) is 5.92 Å². The summed E-state index contributed by atoms with van der Waals surface area (Å²) in [6.45, 7) is 4.73. The van der Waals surface area contributed by atoms with Gasteiger partial charge in [0.05, 0.1) is 18.5 Å². The first-order chi connectivity index (χ1) is 10.3. The highest BCUT2D eigenvalue weighted by atomic mass is 16.5. The van der Waals surface area contributed by atoms with Crippen molar-refractivity contribution in [1.82, 2.24) is 15.0 Å². The van der Waals surface area contributed by atoms with Gasteiger partial charge in [0.25, 0.3) is 0 Å². The van der Waals surface area contributed by atoms with E-state index in [1.807, 2.05) is 25.3 Å². The molecular formula is C16H20N4O. The van der Waals surface area contributed by atoms with Gasteiger partial charge in [-0.25, -0.2) is 4.98 Å². The van der Waals surface area contributed by atoms with Gasteiger partial charge >= 0.3 is 0 Å². The molecule has 1 aliphatic heterocycles. The van der Waals surface area contributed by atoms with Gasteiger partial charge in [-0.3, -0.25) is 9.97 Å². The Kier molecular flexibility index (Phi) is 4.28. The van der Waals surface area contributed by atoms with E-state index in [0.717, 1.165) is 37.0 Å². The normalized spacial score (nSPS) is 18.5. The van der Waals surface area contributed by atoms with Crippen molar-refractivity contribution in [2.75, 3.05) is 24.6 Å². The van der Waals surface area contributed by atoms with E-state index in [9.17, 15) is 0 Å². The summed E-state index contributed by atoms with van der Waals surface area (Å²) in [6, 6.07) is 3.79. The summed E-state index contributed by atoms with van der Waals surface area (Å²) >= 11 is 0. The van der Waals surface area contributed by atoms with Crippen LogP contribution in [0, 0.1) is 12.8 Å². The molecule has 0 saturated carbocycles.